The summed E-state index contributed by atoms with van der Waals surface area (Å²) in [5.74, 6) is -0.204. The summed E-state index contributed by atoms with van der Waals surface area (Å²) in [7, 11) is 1.25. The molecule has 0 aromatic rings. The average molecular weight is 1040 g/mol. The highest BCUT2D eigenvalue weighted by Gasteiger charge is 2.23. The number of hydrogen-bond donors (Lipinski definition) is 2. The average Bonchev–Trinajstić information content (AvgIpc) is 3.34. The molecule has 0 saturated heterocycles. The minimum atomic E-state index is -4.61. The maximum absolute atomic E-state index is 13.0. The van der Waals surface area contributed by atoms with Gasteiger partial charge in [-0.2, -0.15) is 0 Å². The smallest absolute Gasteiger partial charge is 0.268 e. The van der Waals surface area contributed by atoms with Gasteiger partial charge in [0.15, 0.2) is 0 Å². The second kappa shape index (κ2) is 54.5. The highest BCUT2D eigenvalue weighted by atomic mass is 31.2. The van der Waals surface area contributed by atoms with E-state index in [1.807, 2.05) is 27.2 Å². The molecular weight excluding hydrogens is 912 g/mol. The molecule has 0 aromatic carbocycles. The Morgan fingerprint density at radius 3 is 1.12 bits per heavy atom. The number of nitrogens with one attached hydrogen (secondary N) is 1. The molecule has 0 radical (unpaired) electrons. The second-order valence-electron chi connectivity index (χ2n) is 22.8. The molecule has 0 spiro atoms. The van der Waals surface area contributed by atoms with Crippen molar-refractivity contribution in [2.24, 2.45) is 0 Å². The Bertz CT molecular complexity index is 1270. The van der Waals surface area contributed by atoms with Gasteiger partial charge in [-0.25, -0.2) is 0 Å². The van der Waals surface area contributed by atoms with Crippen molar-refractivity contribution in [2.45, 2.75) is 321 Å². The van der Waals surface area contributed by atoms with Crippen molar-refractivity contribution in [1.29, 1.82) is 0 Å². The molecule has 0 bridgehead atoms. The molecule has 0 aromatic heterocycles. The third-order valence-electron chi connectivity index (χ3n) is 14.3. The predicted molar refractivity (Wildman–Crippen MR) is 311 cm³/mol. The van der Waals surface area contributed by atoms with Gasteiger partial charge in [0.2, 0.25) is 5.91 Å². The van der Waals surface area contributed by atoms with E-state index in [-0.39, 0.29) is 12.5 Å². The molecule has 0 rings (SSSR count). The Morgan fingerprint density at radius 1 is 0.472 bits per heavy atom. The molecule has 0 saturated carbocycles. The largest absolute Gasteiger partial charge is 0.756 e. The van der Waals surface area contributed by atoms with Crippen LogP contribution in [0.3, 0.4) is 0 Å². The van der Waals surface area contributed by atoms with Crippen LogP contribution in [0.4, 0.5) is 0 Å². The lowest BCUT2D eigenvalue weighted by molar-refractivity contribution is -0.870. The maximum Gasteiger partial charge on any atom is 0.268 e. The van der Waals surface area contributed by atoms with Crippen molar-refractivity contribution in [2.75, 3.05) is 40.9 Å². The number of aliphatic hydroxyl groups is 1. The summed E-state index contributed by atoms with van der Waals surface area (Å²) in [5, 5.41) is 13.9. The normalized spacial score (nSPS) is 14.0. The molecule has 2 N–H and O–H groups in total. The fraction of sp³-hybridized carbons (Fsp3) is 0.889. The number of phosphoric ester groups is 1. The number of quaternary nitrogens is 1. The Kier molecular flexibility index (Phi) is 53.5. The fourth-order valence-corrected chi connectivity index (χ4v) is 10.1. The highest BCUT2D eigenvalue weighted by molar-refractivity contribution is 7.45. The van der Waals surface area contributed by atoms with Crippen LogP contribution in [-0.2, 0) is 18.4 Å². The Labute approximate surface area is 448 Å². The summed E-state index contributed by atoms with van der Waals surface area (Å²) >= 11 is 0. The second-order valence-corrected chi connectivity index (χ2v) is 24.2. The van der Waals surface area contributed by atoms with E-state index in [1.54, 1.807) is 6.08 Å². The van der Waals surface area contributed by atoms with Crippen LogP contribution in [0.5, 0.6) is 0 Å². The van der Waals surface area contributed by atoms with Crippen molar-refractivity contribution in [1.82, 2.24) is 5.32 Å². The van der Waals surface area contributed by atoms with E-state index in [9.17, 15) is 19.4 Å². The third-order valence-corrected chi connectivity index (χ3v) is 15.3. The van der Waals surface area contributed by atoms with Gasteiger partial charge >= 0.3 is 0 Å². The number of likely N-dealkylation sites (N-methyl/N-ethyl adjacent to an activating group) is 1. The topological polar surface area (TPSA) is 108 Å². The lowest BCUT2D eigenvalue weighted by Crippen LogP contribution is -2.45. The quantitative estimate of drug-likeness (QED) is 0.0272. The van der Waals surface area contributed by atoms with E-state index < -0.39 is 26.6 Å². The minimum absolute atomic E-state index is 0.00553. The van der Waals surface area contributed by atoms with E-state index in [0.717, 1.165) is 38.5 Å². The molecule has 3 unspecified atom stereocenters. The molecule has 0 aliphatic heterocycles. The van der Waals surface area contributed by atoms with Crippen LogP contribution in [0.15, 0.2) is 36.5 Å². The number of phosphoric acid groups is 1. The lowest BCUT2D eigenvalue weighted by atomic mass is 10.0. The van der Waals surface area contributed by atoms with Crippen LogP contribution in [-0.4, -0.2) is 68.5 Å². The van der Waals surface area contributed by atoms with E-state index >= 15 is 0 Å². The van der Waals surface area contributed by atoms with Gasteiger partial charge in [-0.05, 0) is 57.8 Å². The molecule has 0 aliphatic rings. The van der Waals surface area contributed by atoms with Crippen LogP contribution >= 0.6 is 7.82 Å². The van der Waals surface area contributed by atoms with Gasteiger partial charge in [0.25, 0.3) is 7.82 Å². The Hall–Kier alpha value is -1.28. The van der Waals surface area contributed by atoms with E-state index in [2.05, 4.69) is 43.5 Å². The predicted octanol–water partition coefficient (Wildman–Crippen LogP) is 18.7. The first-order chi connectivity index (χ1) is 35.0. The Balaban J connectivity index is 4.17. The summed E-state index contributed by atoms with van der Waals surface area (Å²) in [6, 6.07) is -0.904. The zero-order chi connectivity index (χ0) is 52.7. The lowest BCUT2D eigenvalue weighted by Gasteiger charge is -2.29. The van der Waals surface area contributed by atoms with Gasteiger partial charge in [0, 0.05) is 6.42 Å². The van der Waals surface area contributed by atoms with Crippen LogP contribution in [0, 0.1) is 0 Å². The van der Waals surface area contributed by atoms with Gasteiger partial charge in [-0.3, -0.25) is 9.36 Å². The van der Waals surface area contributed by atoms with Gasteiger partial charge in [0.05, 0.1) is 39.9 Å². The fourth-order valence-electron chi connectivity index (χ4n) is 9.40. The number of allylic oxidation sites excluding steroid dienone is 5. The number of hydrogen-bond acceptors (Lipinski definition) is 6. The van der Waals surface area contributed by atoms with Crippen LogP contribution < -0.4 is 10.2 Å². The zero-order valence-electron chi connectivity index (χ0n) is 48.6. The molecule has 8 nitrogen and oxygen atoms in total. The van der Waals surface area contributed by atoms with Gasteiger partial charge in [-0.15, -0.1) is 0 Å². The molecule has 72 heavy (non-hydrogen) atoms. The van der Waals surface area contributed by atoms with Crippen LogP contribution in [0.2, 0.25) is 0 Å². The number of carbonyl (C=O) groups excluding carboxylic acids is 1. The Morgan fingerprint density at radius 2 is 0.778 bits per heavy atom. The maximum atomic E-state index is 13.0. The van der Waals surface area contributed by atoms with Crippen LogP contribution in [0.1, 0.15) is 309 Å². The molecule has 1 amide bonds. The molecule has 426 valence electrons. The number of amides is 1. The first kappa shape index (κ1) is 70.7. The number of unbranched alkanes of at least 4 members (excludes halogenated alkanes) is 41. The molecule has 3 atom stereocenters. The van der Waals surface area contributed by atoms with Gasteiger partial charge in [-0.1, -0.05) is 281 Å². The number of rotatable bonds is 58. The van der Waals surface area contributed by atoms with E-state index in [1.165, 1.54) is 250 Å². The summed E-state index contributed by atoms with van der Waals surface area (Å²) in [5.41, 5.74) is 0. The first-order valence-electron chi connectivity index (χ1n) is 31.4. The summed E-state index contributed by atoms with van der Waals surface area (Å²) in [6.07, 6.45) is 71.0. The third kappa shape index (κ3) is 56.4. The van der Waals surface area contributed by atoms with E-state index in [0.29, 0.717) is 17.4 Å². The highest BCUT2D eigenvalue weighted by Crippen LogP contribution is 2.38. The van der Waals surface area contributed by atoms with Crippen LogP contribution in [0.25, 0.3) is 0 Å². The monoisotopic (exact) mass is 1030 g/mol. The molecular formula is C63H123N2O6P. The molecule has 0 aliphatic carbocycles. The van der Waals surface area contributed by atoms with Crippen molar-refractivity contribution >= 4 is 13.7 Å². The van der Waals surface area contributed by atoms with Crippen molar-refractivity contribution in [3.8, 4) is 0 Å². The van der Waals surface area contributed by atoms with Gasteiger partial charge < -0.3 is 28.8 Å². The zero-order valence-corrected chi connectivity index (χ0v) is 49.5. The first-order valence-corrected chi connectivity index (χ1v) is 32.8. The van der Waals surface area contributed by atoms with Crippen molar-refractivity contribution in [3.05, 3.63) is 36.5 Å². The summed E-state index contributed by atoms with van der Waals surface area (Å²) < 4.78 is 23.4. The number of aliphatic hydroxyl groups excluding tert-OH is 1. The minimum Gasteiger partial charge on any atom is -0.756 e. The molecule has 0 fully saturated rings. The van der Waals surface area contributed by atoms with E-state index in [4.69, 9.17) is 9.05 Å². The number of carbonyl (C=O) groups is 1. The number of nitrogens with zero attached hydrogens (tertiary/aromatic N) is 1. The summed E-state index contributed by atoms with van der Waals surface area (Å²) in [6.45, 7) is 4.67. The van der Waals surface area contributed by atoms with Gasteiger partial charge in [0.1, 0.15) is 13.2 Å². The van der Waals surface area contributed by atoms with Crippen molar-refractivity contribution in [3.63, 3.8) is 0 Å². The molecule has 0 heterocycles. The summed E-state index contributed by atoms with van der Waals surface area (Å²) in [4.78, 5) is 25.5. The standard InChI is InChI=1S/C63H123N2O6P/c1-6-8-10-12-14-16-18-20-22-24-26-28-30-31-32-33-35-37-39-41-43-45-47-49-51-53-55-57-63(67)64-61(60-71-72(68,69)70-59-58-65(3,4)5)62(66)56-54-52-50-48-46-44-42-40-38-36-34-29-27-25-23-21-19-17-15-13-11-9-7-2/h31-32,46,48,54,56,61-62,66H,6-30,33-45,47,49-53,55,57-60H2,1-5H3,(H-,64,67,68,69)/b32-31-,48-46+,56-54+. The SMILES string of the molecule is CCCCCCCCCCCCCC/C=C\CCCCCCCCCCCCCC(=O)NC(COP(=O)([O-])OCC[N+](C)(C)C)C(O)/C=C/CC/C=C/CCCCCCCCCCCCCCCCCCC. The molecule has 9 heteroatoms. The van der Waals surface area contributed by atoms with Crippen molar-refractivity contribution < 1.29 is 32.9 Å².